The van der Waals surface area contributed by atoms with Crippen LogP contribution in [-0.2, 0) is 20.7 Å². The Labute approximate surface area is 209 Å². The van der Waals surface area contributed by atoms with Gasteiger partial charge in [0.05, 0.1) is 0 Å². The number of rotatable bonds is 6. The van der Waals surface area contributed by atoms with Gasteiger partial charge < -0.3 is 0 Å². The molecule has 0 amide bonds. The second-order valence-corrected chi connectivity index (χ2v) is 15.2. The Morgan fingerprint density at radius 3 is 0.875 bits per heavy atom. The molecule has 0 aromatic heterocycles. The molecular formula is C26H22Cl2OP2Re. The second kappa shape index (κ2) is 16.3. The van der Waals surface area contributed by atoms with Gasteiger partial charge in [-0.2, -0.15) is 0 Å². The summed E-state index contributed by atoms with van der Waals surface area (Å²) in [5.74, 6) is 1.17. The van der Waals surface area contributed by atoms with Gasteiger partial charge in [-0.25, -0.2) is 0 Å². The van der Waals surface area contributed by atoms with E-state index in [4.69, 9.17) is 23.9 Å². The van der Waals surface area contributed by atoms with Crippen LogP contribution in [0.4, 0.5) is 0 Å². The van der Waals surface area contributed by atoms with E-state index in [1.165, 1.54) is 27.1 Å². The molecule has 0 fully saturated rings. The average molecular weight is 670 g/mol. The fourth-order valence-electron chi connectivity index (χ4n) is 3.20. The van der Waals surface area contributed by atoms with E-state index in [-0.39, 0.29) is 0 Å². The minimum atomic E-state index is -0.722. The molecule has 0 unspecified atom stereocenters. The zero-order valence-electron chi connectivity index (χ0n) is 17.2. The van der Waals surface area contributed by atoms with Crippen LogP contribution >= 0.6 is 34.9 Å². The molecule has 0 saturated carbocycles. The van der Waals surface area contributed by atoms with Gasteiger partial charge in [0.25, 0.3) is 6.79 Å². The molecule has 0 N–H and O–H groups in total. The Hall–Kier alpha value is -1.35. The summed E-state index contributed by atoms with van der Waals surface area (Å²) in [7, 11) is 9.02. The maximum Gasteiger partial charge on any atom is 0.00405 e. The molecule has 4 aromatic rings. The summed E-state index contributed by atoms with van der Waals surface area (Å²) in [6.07, 6.45) is 0. The van der Waals surface area contributed by atoms with Gasteiger partial charge in [0.2, 0.25) is 0 Å². The number of benzene rings is 4. The third-order valence-corrected chi connectivity index (χ3v) is 10.5. The minimum absolute atomic E-state index is 0.409. The summed E-state index contributed by atoms with van der Waals surface area (Å²) in [4.78, 5) is 7.50. The largest absolute Gasteiger partial charge is 0.0622 e. The van der Waals surface area contributed by atoms with Crippen LogP contribution in [0.15, 0.2) is 121 Å². The molecule has 4 aromatic carbocycles. The van der Waals surface area contributed by atoms with Gasteiger partial charge in [-0.3, -0.25) is 4.79 Å². The first-order valence-corrected chi connectivity index (χ1v) is 19.4. The molecule has 0 heterocycles. The van der Waals surface area contributed by atoms with Crippen molar-refractivity contribution in [3.63, 3.8) is 0 Å². The summed E-state index contributed by atoms with van der Waals surface area (Å²) in [5.41, 5.74) is 0. The molecule has 0 aliphatic rings. The van der Waals surface area contributed by atoms with Crippen LogP contribution in [0.5, 0.6) is 0 Å². The fourth-order valence-corrected chi connectivity index (χ4v) is 9.67. The molecule has 4 rings (SSSR count). The van der Waals surface area contributed by atoms with Gasteiger partial charge in [-0.15, -0.1) is 0 Å². The Kier molecular flexibility index (Phi) is 13.7. The molecule has 6 heteroatoms. The van der Waals surface area contributed by atoms with Gasteiger partial charge in [-0.05, 0) is 37.1 Å². The van der Waals surface area contributed by atoms with E-state index in [0.29, 0.717) is 0 Å². The zero-order chi connectivity index (χ0) is 23.0. The van der Waals surface area contributed by atoms with Crippen molar-refractivity contribution in [1.29, 1.82) is 0 Å². The van der Waals surface area contributed by atoms with Crippen LogP contribution in [0, 0.1) is 0 Å². The Balaban J connectivity index is 0.000000671. The van der Waals surface area contributed by atoms with Gasteiger partial charge in [0.15, 0.2) is 0 Å². The van der Waals surface area contributed by atoms with Gasteiger partial charge in [0.1, 0.15) is 0 Å². The van der Waals surface area contributed by atoms with E-state index in [1.54, 1.807) is 0 Å². The molecule has 0 bridgehead atoms. The minimum Gasteiger partial charge on any atom is -0.0622 e. The van der Waals surface area contributed by atoms with Crippen LogP contribution in [0.2, 0.25) is 0 Å². The van der Waals surface area contributed by atoms with E-state index in [0.717, 1.165) is 0 Å². The van der Waals surface area contributed by atoms with E-state index in [1.807, 2.05) is 0 Å². The van der Waals surface area contributed by atoms with Crippen molar-refractivity contribution < 1.29 is 20.7 Å². The molecule has 1 nitrogen and oxygen atoms in total. The fraction of sp³-hybridized carbons (Fsp3) is 0.0385. The smallest absolute Gasteiger partial charge is 0.00405 e. The Bertz CT molecular complexity index is 833. The average Bonchev–Trinajstić information content (AvgIpc) is 2.88. The summed E-state index contributed by atoms with van der Waals surface area (Å²) in [6.45, 7) is 4.50. The summed E-state index contributed by atoms with van der Waals surface area (Å²) >= 11 is -0.722. The third-order valence-electron chi connectivity index (χ3n) is 4.55. The monoisotopic (exact) mass is 669 g/mol. The summed E-state index contributed by atoms with van der Waals surface area (Å²) in [5, 5.41) is 5.83. The maximum atomic E-state index is 7.50. The third kappa shape index (κ3) is 8.54. The van der Waals surface area contributed by atoms with Crippen molar-refractivity contribution in [1.82, 2.24) is 0 Å². The van der Waals surface area contributed by atoms with Gasteiger partial charge in [0, 0.05) is 5.90 Å². The predicted octanol–water partition coefficient (Wildman–Crippen LogP) is 6.19. The molecule has 0 saturated heterocycles. The van der Waals surface area contributed by atoms with E-state index >= 15 is 0 Å². The van der Waals surface area contributed by atoms with Crippen molar-refractivity contribution in [2.75, 3.05) is 5.90 Å². The van der Waals surface area contributed by atoms with Crippen molar-refractivity contribution in [3.05, 3.63) is 121 Å². The number of carbonyl (C=O) groups excluding carboxylic acids is 1. The van der Waals surface area contributed by atoms with Crippen LogP contribution < -0.4 is 21.2 Å². The molecule has 163 valence electrons. The molecule has 0 spiro atoms. The Morgan fingerprint density at radius 1 is 0.500 bits per heavy atom. The molecular weight excluding hydrogens is 647 g/mol. The van der Waals surface area contributed by atoms with Gasteiger partial charge >= 0.3 is 35.0 Å². The van der Waals surface area contributed by atoms with Crippen LogP contribution in [-0.4, -0.2) is 12.7 Å². The van der Waals surface area contributed by atoms with E-state index < -0.39 is 31.8 Å². The van der Waals surface area contributed by atoms with Crippen molar-refractivity contribution in [2.24, 2.45) is 0 Å². The first-order chi connectivity index (χ1) is 15.8. The van der Waals surface area contributed by atoms with Crippen molar-refractivity contribution in [3.8, 4) is 0 Å². The maximum absolute atomic E-state index is 7.50. The molecule has 0 atom stereocenters. The van der Waals surface area contributed by atoms with Crippen LogP contribution in [0.3, 0.4) is 0 Å². The normalized spacial score (nSPS) is 10.0. The second-order valence-electron chi connectivity index (χ2n) is 6.39. The van der Waals surface area contributed by atoms with Crippen LogP contribution in [0.25, 0.3) is 0 Å². The quantitative estimate of drug-likeness (QED) is 0.224. The number of hydrogen-bond donors (Lipinski definition) is 0. The molecule has 2 radical (unpaired) electrons. The van der Waals surface area contributed by atoms with E-state index in [9.17, 15) is 0 Å². The summed E-state index contributed by atoms with van der Waals surface area (Å²) in [6, 6.07) is 44.1. The first-order valence-electron chi connectivity index (χ1n) is 9.66. The van der Waals surface area contributed by atoms with Crippen molar-refractivity contribution >= 4 is 62.9 Å². The standard InChI is InChI=1S/C25H22P2.CO.2ClH.Re/c1-5-13-22(14-6-1)26(23-15-7-2-8-16-23)21-27(24-17-9-3-10-18-24)25-19-11-4-12-20-25;1-2;;;/h1-20H,21H2;;2*1H;/q;;;;+2/p-2. The van der Waals surface area contributed by atoms with Crippen LogP contribution in [0.1, 0.15) is 0 Å². The van der Waals surface area contributed by atoms with Gasteiger partial charge in [-0.1, -0.05) is 121 Å². The Morgan fingerprint density at radius 2 is 0.688 bits per heavy atom. The van der Waals surface area contributed by atoms with E-state index in [2.05, 4.69) is 128 Å². The molecule has 32 heavy (non-hydrogen) atoms. The zero-order valence-corrected chi connectivity index (χ0v) is 23.2. The number of halogens is 2. The topological polar surface area (TPSA) is 17.1 Å². The molecule has 0 aliphatic heterocycles. The van der Waals surface area contributed by atoms with Crippen molar-refractivity contribution in [2.45, 2.75) is 0 Å². The summed E-state index contributed by atoms with van der Waals surface area (Å²) < 4.78 is 0. The first kappa shape index (κ1) is 26.9. The molecule has 0 aliphatic carbocycles. The number of hydrogen-bond acceptors (Lipinski definition) is 1. The predicted molar refractivity (Wildman–Crippen MR) is 140 cm³/mol. The SMILES string of the molecule is [C]=O.[Cl][Re][Cl].c1ccc(P(CP(c2ccccc2)c2ccccc2)c2ccccc2)cc1.